The fraction of sp³-hybridized carbons (Fsp3) is 0.294. The summed E-state index contributed by atoms with van der Waals surface area (Å²) in [4.78, 5) is 0. The number of hydrogen-bond donors (Lipinski definition) is 2. The third kappa shape index (κ3) is 3.28. The average molecular weight is 294 g/mol. The first kappa shape index (κ1) is 15.6. The first-order chi connectivity index (χ1) is 10.5. The summed E-state index contributed by atoms with van der Waals surface area (Å²) in [6, 6.07) is 11.8. The number of hydrogen-bond acceptors (Lipinski definition) is 5. The van der Waals surface area contributed by atoms with E-state index in [1.807, 2.05) is 31.2 Å². The molecule has 0 heterocycles. The fourth-order valence-electron chi connectivity index (χ4n) is 2.35. The average Bonchev–Trinajstić information content (AvgIpc) is 2.53. The highest BCUT2D eigenvalue weighted by molar-refractivity contribution is 5.51. The van der Waals surface area contributed by atoms with Crippen LogP contribution in [0.5, 0.6) is 5.75 Å². The Morgan fingerprint density at radius 3 is 2.50 bits per heavy atom. The quantitative estimate of drug-likeness (QED) is 0.887. The van der Waals surface area contributed by atoms with Gasteiger partial charge in [-0.1, -0.05) is 12.1 Å². The zero-order valence-corrected chi connectivity index (χ0v) is 12.7. The molecule has 1 aliphatic carbocycles. The van der Waals surface area contributed by atoms with Crippen molar-refractivity contribution < 1.29 is 4.74 Å². The van der Waals surface area contributed by atoms with E-state index in [4.69, 9.17) is 21.0 Å². The molecule has 0 amide bonds. The van der Waals surface area contributed by atoms with Crippen molar-refractivity contribution in [2.75, 3.05) is 7.11 Å². The van der Waals surface area contributed by atoms with Crippen LogP contribution in [0.3, 0.4) is 0 Å². The molecule has 0 spiro atoms. The molecule has 0 bridgehead atoms. The number of methoxy groups -OCH3 is 1. The minimum atomic E-state index is -0.683. The fourth-order valence-corrected chi connectivity index (χ4v) is 2.35. The molecular weight excluding hydrogens is 276 g/mol. The van der Waals surface area contributed by atoms with Crippen LogP contribution in [0.2, 0.25) is 0 Å². The summed E-state index contributed by atoms with van der Waals surface area (Å²) < 4.78 is 5.12. The van der Waals surface area contributed by atoms with Gasteiger partial charge in [-0.3, -0.25) is 0 Å². The highest BCUT2D eigenvalue weighted by Gasteiger charge is 2.30. The Balaban J connectivity index is 2.17. The Hall–Kier alpha value is -2.76. The maximum Gasteiger partial charge on any atom is 0.118 e. The second-order valence-corrected chi connectivity index (χ2v) is 5.47. The second kappa shape index (κ2) is 6.34. The lowest BCUT2D eigenvalue weighted by Crippen LogP contribution is -2.45. The van der Waals surface area contributed by atoms with Crippen LogP contribution in [0.1, 0.15) is 18.9 Å². The summed E-state index contributed by atoms with van der Waals surface area (Å²) in [7, 11) is 1.63. The Morgan fingerprint density at radius 1 is 1.27 bits per heavy atom. The summed E-state index contributed by atoms with van der Waals surface area (Å²) in [5, 5.41) is 21.5. The van der Waals surface area contributed by atoms with Crippen molar-refractivity contribution in [2.45, 2.75) is 25.4 Å². The normalized spacial score (nSPS) is 20.7. The van der Waals surface area contributed by atoms with E-state index in [0.717, 1.165) is 17.0 Å². The topological polar surface area (TPSA) is 94.9 Å². The van der Waals surface area contributed by atoms with Gasteiger partial charge in [-0.15, -0.1) is 0 Å². The summed E-state index contributed by atoms with van der Waals surface area (Å²) >= 11 is 0. The molecule has 0 aliphatic heterocycles. The summed E-state index contributed by atoms with van der Waals surface area (Å²) in [5.41, 5.74) is 8.23. The largest absolute Gasteiger partial charge is 0.497 e. The minimum absolute atomic E-state index is 0.355. The van der Waals surface area contributed by atoms with Crippen molar-refractivity contribution in [3.8, 4) is 17.9 Å². The van der Waals surface area contributed by atoms with Crippen molar-refractivity contribution in [1.29, 1.82) is 10.5 Å². The van der Waals surface area contributed by atoms with Gasteiger partial charge in [-0.2, -0.15) is 10.5 Å². The molecule has 112 valence electrons. The van der Waals surface area contributed by atoms with Crippen LogP contribution in [0.25, 0.3) is 0 Å². The van der Waals surface area contributed by atoms with Gasteiger partial charge in [0.15, 0.2) is 0 Å². The van der Waals surface area contributed by atoms with Gasteiger partial charge in [0.2, 0.25) is 0 Å². The van der Waals surface area contributed by atoms with Crippen molar-refractivity contribution in [2.24, 2.45) is 5.73 Å². The van der Waals surface area contributed by atoms with E-state index in [1.165, 1.54) is 0 Å². The molecule has 1 aromatic rings. The van der Waals surface area contributed by atoms with Gasteiger partial charge in [0.1, 0.15) is 11.8 Å². The lowest BCUT2D eigenvalue weighted by molar-refractivity contribution is 0.414. The van der Waals surface area contributed by atoms with Crippen LogP contribution >= 0.6 is 0 Å². The smallest absolute Gasteiger partial charge is 0.118 e. The van der Waals surface area contributed by atoms with Gasteiger partial charge in [0.25, 0.3) is 0 Å². The van der Waals surface area contributed by atoms with Gasteiger partial charge in [-0.25, -0.2) is 0 Å². The Morgan fingerprint density at radius 2 is 1.95 bits per heavy atom. The molecule has 1 aliphatic rings. The van der Waals surface area contributed by atoms with Crippen molar-refractivity contribution in [3.63, 3.8) is 0 Å². The third-order valence-corrected chi connectivity index (χ3v) is 3.67. The SMILES string of the molecule is COc1ccc(CNC2=CC(C#N)=C(C#N)CC2(C)N)cc1. The van der Waals surface area contributed by atoms with Crippen LogP contribution in [-0.4, -0.2) is 12.6 Å². The minimum Gasteiger partial charge on any atom is -0.497 e. The number of nitrogens with two attached hydrogens (primary N) is 1. The van der Waals surface area contributed by atoms with E-state index in [9.17, 15) is 0 Å². The number of allylic oxidation sites excluding steroid dienone is 2. The van der Waals surface area contributed by atoms with E-state index >= 15 is 0 Å². The Bertz CT molecular complexity index is 700. The van der Waals surface area contributed by atoms with E-state index in [-0.39, 0.29) is 0 Å². The number of rotatable bonds is 4. The molecule has 1 aromatic carbocycles. The molecule has 2 rings (SSSR count). The third-order valence-electron chi connectivity index (χ3n) is 3.67. The maximum atomic E-state index is 9.14. The molecule has 1 atom stereocenters. The standard InChI is InChI=1S/C17H18N4O/c1-17(20)8-14(10-19)13(9-18)7-16(17)21-11-12-3-5-15(22-2)6-4-12/h3-7,21H,8,11,20H2,1-2H3. The van der Waals surface area contributed by atoms with Gasteiger partial charge in [0, 0.05) is 24.2 Å². The van der Waals surface area contributed by atoms with Crippen LogP contribution in [-0.2, 0) is 6.54 Å². The van der Waals surface area contributed by atoms with Crippen molar-refractivity contribution in [1.82, 2.24) is 5.32 Å². The predicted molar refractivity (Wildman–Crippen MR) is 83.4 cm³/mol. The zero-order chi connectivity index (χ0) is 16.2. The summed E-state index contributed by atoms with van der Waals surface area (Å²) in [6.07, 6.45) is 2.03. The van der Waals surface area contributed by atoms with Gasteiger partial charge >= 0.3 is 0 Å². The maximum absolute atomic E-state index is 9.14. The van der Waals surface area contributed by atoms with Crippen LogP contribution in [0, 0.1) is 22.7 Å². The highest BCUT2D eigenvalue weighted by Crippen LogP contribution is 2.29. The summed E-state index contributed by atoms with van der Waals surface area (Å²) in [6.45, 7) is 2.44. The number of ether oxygens (including phenoxy) is 1. The number of nitrogens with zero attached hydrogens (tertiary/aromatic N) is 2. The predicted octanol–water partition coefficient (Wildman–Crippen LogP) is 2.13. The van der Waals surface area contributed by atoms with Crippen molar-refractivity contribution in [3.05, 3.63) is 52.7 Å². The van der Waals surface area contributed by atoms with Gasteiger partial charge in [-0.05, 0) is 30.7 Å². The molecule has 5 heteroatoms. The number of nitriles is 2. The second-order valence-electron chi connectivity index (χ2n) is 5.47. The lowest BCUT2D eigenvalue weighted by Gasteiger charge is -2.32. The molecule has 0 radical (unpaired) electrons. The molecule has 0 fully saturated rings. The number of nitrogens with one attached hydrogen (secondary N) is 1. The molecule has 1 unspecified atom stereocenters. The molecule has 0 saturated heterocycles. The van der Waals surface area contributed by atoms with Gasteiger partial charge < -0.3 is 15.8 Å². The van der Waals surface area contributed by atoms with Crippen LogP contribution in [0.15, 0.2) is 47.2 Å². The molecule has 0 saturated carbocycles. The molecule has 22 heavy (non-hydrogen) atoms. The summed E-state index contributed by atoms with van der Waals surface area (Å²) in [5.74, 6) is 0.803. The van der Waals surface area contributed by atoms with E-state index in [1.54, 1.807) is 13.2 Å². The zero-order valence-electron chi connectivity index (χ0n) is 12.7. The first-order valence-electron chi connectivity index (χ1n) is 6.91. The Labute approximate surface area is 130 Å². The number of benzene rings is 1. The van der Waals surface area contributed by atoms with Crippen LogP contribution < -0.4 is 15.8 Å². The van der Waals surface area contributed by atoms with E-state index in [2.05, 4.69) is 17.5 Å². The van der Waals surface area contributed by atoms with Crippen molar-refractivity contribution >= 4 is 0 Å². The molecule has 3 N–H and O–H groups in total. The van der Waals surface area contributed by atoms with Gasteiger partial charge in [0.05, 0.1) is 24.3 Å². The van der Waals surface area contributed by atoms with E-state index < -0.39 is 5.54 Å². The van der Waals surface area contributed by atoms with Crippen LogP contribution in [0.4, 0.5) is 0 Å². The molecular formula is C17H18N4O. The molecule has 5 nitrogen and oxygen atoms in total. The van der Waals surface area contributed by atoms with E-state index in [0.29, 0.717) is 24.1 Å². The first-order valence-corrected chi connectivity index (χ1v) is 6.91. The molecule has 0 aromatic heterocycles. The lowest BCUT2D eigenvalue weighted by atomic mass is 9.83. The monoisotopic (exact) mass is 294 g/mol. The Kier molecular flexibility index (Phi) is 4.50. The highest BCUT2D eigenvalue weighted by atomic mass is 16.5.